The molecule has 20 heavy (non-hydrogen) atoms. The lowest BCUT2D eigenvalue weighted by molar-refractivity contribution is 0.112. The molecular formula is C15H22N4O. The summed E-state index contributed by atoms with van der Waals surface area (Å²) in [4.78, 5) is 11.4. The first-order chi connectivity index (χ1) is 9.53. The summed E-state index contributed by atoms with van der Waals surface area (Å²) >= 11 is 0. The van der Waals surface area contributed by atoms with Crippen LogP contribution < -0.4 is 0 Å². The highest BCUT2D eigenvalue weighted by Gasteiger charge is 2.20. The molecule has 0 bridgehead atoms. The lowest BCUT2D eigenvalue weighted by Gasteiger charge is -2.12. The van der Waals surface area contributed by atoms with Gasteiger partial charge in [0.25, 0.3) is 0 Å². The summed E-state index contributed by atoms with van der Waals surface area (Å²) in [5, 5.41) is 9.07. The Balaban J connectivity index is 2.59. The molecule has 5 heteroatoms. The molecule has 0 radical (unpaired) electrons. The van der Waals surface area contributed by atoms with Crippen LogP contribution in [0.4, 0.5) is 0 Å². The summed E-state index contributed by atoms with van der Waals surface area (Å²) in [6.45, 7) is 8.22. The maximum Gasteiger partial charge on any atom is 0.153 e. The Morgan fingerprint density at radius 1 is 1.25 bits per heavy atom. The smallest absolute Gasteiger partial charge is 0.153 e. The van der Waals surface area contributed by atoms with Crippen LogP contribution in [0.5, 0.6) is 0 Å². The first-order valence-electron chi connectivity index (χ1n) is 7.08. The quantitative estimate of drug-likeness (QED) is 0.787. The molecule has 2 heterocycles. The molecule has 2 aromatic rings. The number of aromatic nitrogens is 4. The van der Waals surface area contributed by atoms with Crippen molar-refractivity contribution in [3.8, 4) is 11.3 Å². The molecule has 5 nitrogen and oxygen atoms in total. The van der Waals surface area contributed by atoms with Crippen molar-refractivity contribution < 1.29 is 4.79 Å². The molecule has 0 atom stereocenters. The van der Waals surface area contributed by atoms with Gasteiger partial charge in [-0.15, -0.1) is 0 Å². The maximum absolute atomic E-state index is 11.4. The minimum absolute atomic E-state index is 0.333. The largest absolute Gasteiger partial charge is 0.298 e. The number of carbonyl (C=O) groups excluding carboxylic acids is 1. The lowest BCUT2D eigenvalue weighted by Crippen LogP contribution is -2.07. The minimum atomic E-state index is 0.333. The van der Waals surface area contributed by atoms with Gasteiger partial charge in [-0.25, -0.2) is 0 Å². The molecule has 0 fully saturated rings. The highest BCUT2D eigenvalue weighted by Crippen LogP contribution is 2.29. The zero-order valence-electron chi connectivity index (χ0n) is 12.8. The Bertz CT molecular complexity index is 620. The summed E-state index contributed by atoms with van der Waals surface area (Å²) in [5.74, 6) is 0. The van der Waals surface area contributed by atoms with Gasteiger partial charge in [0.2, 0.25) is 0 Å². The number of rotatable bonds is 5. The first-order valence-corrected chi connectivity index (χ1v) is 7.08. The third-order valence-corrected chi connectivity index (χ3v) is 3.95. The van der Waals surface area contributed by atoms with Gasteiger partial charge in [-0.1, -0.05) is 13.8 Å². The fraction of sp³-hybridized carbons (Fsp3) is 0.533. The van der Waals surface area contributed by atoms with Crippen molar-refractivity contribution in [1.29, 1.82) is 0 Å². The third-order valence-electron chi connectivity index (χ3n) is 3.95. The molecule has 0 saturated carbocycles. The van der Waals surface area contributed by atoms with E-state index in [1.807, 2.05) is 36.5 Å². The average molecular weight is 274 g/mol. The lowest BCUT2D eigenvalue weighted by atomic mass is 10.1. The van der Waals surface area contributed by atoms with Gasteiger partial charge in [-0.05, 0) is 26.7 Å². The van der Waals surface area contributed by atoms with E-state index in [1.165, 1.54) is 0 Å². The number of aldehydes is 1. The number of hydrogen-bond donors (Lipinski definition) is 0. The Morgan fingerprint density at radius 3 is 2.35 bits per heavy atom. The maximum atomic E-state index is 11.4. The van der Waals surface area contributed by atoms with Crippen LogP contribution >= 0.6 is 0 Å². The van der Waals surface area contributed by atoms with Crippen molar-refractivity contribution in [3.05, 3.63) is 23.1 Å². The summed E-state index contributed by atoms with van der Waals surface area (Å²) in [6, 6.07) is 0.333. The summed E-state index contributed by atoms with van der Waals surface area (Å²) in [5.41, 5.74) is 4.29. The van der Waals surface area contributed by atoms with E-state index in [1.54, 1.807) is 0 Å². The topological polar surface area (TPSA) is 52.7 Å². The molecule has 0 aliphatic rings. The summed E-state index contributed by atoms with van der Waals surface area (Å²) in [6.07, 6.45) is 4.74. The van der Waals surface area contributed by atoms with E-state index in [2.05, 4.69) is 24.0 Å². The van der Waals surface area contributed by atoms with Crippen LogP contribution in [0.2, 0.25) is 0 Å². The predicted molar refractivity (Wildman–Crippen MR) is 78.9 cm³/mol. The molecule has 2 aromatic heterocycles. The zero-order valence-corrected chi connectivity index (χ0v) is 12.8. The molecule has 0 saturated heterocycles. The zero-order chi connectivity index (χ0) is 14.9. The number of hydrogen-bond acceptors (Lipinski definition) is 3. The second-order valence-electron chi connectivity index (χ2n) is 5.17. The number of nitrogens with zero attached hydrogens (tertiary/aromatic N) is 4. The molecule has 2 rings (SSSR count). The van der Waals surface area contributed by atoms with Crippen LogP contribution in [-0.4, -0.2) is 25.8 Å². The van der Waals surface area contributed by atoms with Crippen LogP contribution in [0.1, 0.15) is 54.5 Å². The van der Waals surface area contributed by atoms with Gasteiger partial charge < -0.3 is 0 Å². The van der Waals surface area contributed by atoms with E-state index in [4.69, 9.17) is 0 Å². The Labute approximate surface area is 119 Å². The Kier molecular flexibility index (Phi) is 4.06. The van der Waals surface area contributed by atoms with Crippen molar-refractivity contribution in [2.75, 3.05) is 0 Å². The molecule has 0 aromatic carbocycles. The van der Waals surface area contributed by atoms with Gasteiger partial charge in [-0.2, -0.15) is 10.2 Å². The van der Waals surface area contributed by atoms with E-state index in [0.29, 0.717) is 11.6 Å². The molecule has 0 amide bonds. The molecular weight excluding hydrogens is 252 g/mol. The molecule has 108 valence electrons. The molecule has 0 spiro atoms. The van der Waals surface area contributed by atoms with E-state index < -0.39 is 0 Å². The molecule has 0 aliphatic carbocycles. The second kappa shape index (κ2) is 5.61. The Hall–Kier alpha value is -1.91. The van der Waals surface area contributed by atoms with Crippen molar-refractivity contribution in [3.63, 3.8) is 0 Å². The van der Waals surface area contributed by atoms with Crippen molar-refractivity contribution in [2.24, 2.45) is 7.05 Å². The summed E-state index contributed by atoms with van der Waals surface area (Å²) in [7, 11) is 1.91. The number of carbonyl (C=O) groups is 1. The second-order valence-corrected chi connectivity index (χ2v) is 5.17. The van der Waals surface area contributed by atoms with Gasteiger partial charge in [0.15, 0.2) is 6.29 Å². The predicted octanol–water partition coefficient (Wildman–Crippen LogP) is 3.07. The van der Waals surface area contributed by atoms with Gasteiger partial charge in [0.1, 0.15) is 5.69 Å². The fourth-order valence-corrected chi connectivity index (χ4v) is 2.65. The van der Waals surface area contributed by atoms with Crippen molar-refractivity contribution in [2.45, 2.75) is 46.6 Å². The van der Waals surface area contributed by atoms with Crippen LogP contribution in [0.25, 0.3) is 11.3 Å². The van der Waals surface area contributed by atoms with Gasteiger partial charge in [-0.3, -0.25) is 14.2 Å². The SMILES string of the molecule is CCC(CC)n1cc(C=O)c(-c2c(C)nn(C)c2C)n1. The molecule has 0 N–H and O–H groups in total. The highest BCUT2D eigenvalue weighted by molar-refractivity contribution is 5.86. The van der Waals surface area contributed by atoms with Crippen LogP contribution in [-0.2, 0) is 7.05 Å². The van der Waals surface area contributed by atoms with Crippen molar-refractivity contribution >= 4 is 6.29 Å². The van der Waals surface area contributed by atoms with Gasteiger partial charge in [0, 0.05) is 24.5 Å². The van der Waals surface area contributed by atoms with E-state index in [-0.39, 0.29) is 0 Å². The normalized spacial score (nSPS) is 11.3. The average Bonchev–Trinajstić information content (AvgIpc) is 2.93. The van der Waals surface area contributed by atoms with Crippen LogP contribution in [0, 0.1) is 13.8 Å². The monoisotopic (exact) mass is 274 g/mol. The van der Waals surface area contributed by atoms with E-state index >= 15 is 0 Å². The molecule has 0 aliphatic heterocycles. The third kappa shape index (κ3) is 2.28. The van der Waals surface area contributed by atoms with Crippen LogP contribution in [0.15, 0.2) is 6.20 Å². The highest BCUT2D eigenvalue weighted by atomic mass is 16.1. The van der Waals surface area contributed by atoms with E-state index in [9.17, 15) is 4.79 Å². The number of aryl methyl sites for hydroxylation is 2. The fourth-order valence-electron chi connectivity index (χ4n) is 2.65. The van der Waals surface area contributed by atoms with Gasteiger partial charge in [0.05, 0.1) is 17.3 Å². The van der Waals surface area contributed by atoms with Crippen molar-refractivity contribution in [1.82, 2.24) is 19.6 Å². The van der Waals surface area contributed by atoms with E-state index in [0.717, 1.165) is 41.8 Å². The Morgan fingerprint density at radius 2 is 1.90 bits per heavy atom. The first kappa shape index (κ1) is 14.5. The van der Waals surface area contributed by atoms with Crippen LogP contribution in [0.3, 0.4) is 0 Å². The molecule has 0 unspecified atom stereocenters. The summed E-state index contributed by atoms with van der Waals surface area (Å²) < 4.78 is 3.75. The standard InChI is InChI=1S/C15H22N4O/c1-6-13(7-2)19-8-12(9-20)15(17-19)14-10(3)16-18(5)11(14)4/h8-9,13H,6-7H2,1-5H3. The van der Waals surface area contributed by atoms with Gasteiger partial charge >= 0.3 is 0 Å². The minimum Gasteiger partial charge on any atom is -0.298 e.